The number of amides is 2. The average Bonchev–Trinajstić information content (AvgIpc) is 3.23. The number of carbonyl (C=O) groups is 2. The smallest absolute Gasteiger partial charge is 0.245 e. The Bertz CT molecular complexity index is 610. The van der Waals surface area contributed by atoms with Gasteiger partial charge in [0.25, 0.3) is 0 Å². The van der Waals surface area contributed by atoms with Gasteiger partial charge in [-0.1, -0.05) is 13.8 Å². The maximum absolute atomic E-state index is 13.0. The van der Waals surface area contributed by atoms with E-state index >= 15 is 0 Å². The van der Waals surface area contributed by atoms with Crippen molar-refractivity contribution in [1.29, 1.82) is 0 Å². The van der Waals surface area contributed by atoms with Crippen molar-refractivity contribution in [3.8, 4) is 0 Å². The minimum Gasteiger partial charge on any atom is -0.339 e. The van der Waals surface area contributed by atoms with E-state index in [4.69, 9.17) is 0 Å². The summed E-state index contributed by atoms with van der Waals surface area (Å²) < 4.78 is 2.24. The van der Waals surface area contributed by atoms with Gasteiger partial charge in [0.2, 0.25) is 11.8 Å². The van der Waals surface area contributed by atoms with E-state index in [9.17, 15) is 9.59 Å². The summed E-state index contributed by atoms with van der Waals surface area (Å²) >= 11 is 0. The van der Waals surface area contributed by atoms with Gasteiger partial charge in [-0.05, 0) is 25.7 Å². The fraction of sp³-hybridized carbons (Fsp3) is 0.722. The molecule has 2 aliphatic rings. The van der Waals surface area contributed by atoms with Crippen molar-refractivity contribution < 1.29 is 9.59 Å². The van der Waals surface area contributed by atoms with E-state index in [1.54, 1.807) is 11.8 Å². The molecule has 2 fully saturated rings. The van der Waals surface area contributed by atoms with Gasteiger partial charge in [0.1, 0.15) is 11.9 Å². The number of likely N-dealkylation sites (tertiary alicyclic amines) is 2. The molecule has 6 nitrogen and oxygen atoms in total. The summed E-state index contributed by atoms with van der Waals surface area (Å²) in [5.41, 5.74) is 0. The van der Waals surface area contributed by atoms with E-state index in [0.29, 0.717) is 12.5 Å². The van der Waals surface area contributed by atoms with Crippen LogP contribution in [-0.4, -0.2) is 56.8 Å². The molecule has 2 atom stereocenters. The van der Waals surface area contributed by atoms with Crippen molar-refractivity contribution in [3.63, 3.8) is 0 Å². The molecule has 0 spiro atoms. The molecule has 6 heteroatoms. The Morgan fingerprint density at radius 2 is 1.96 bits per heavy atom. The quantitative estimate of drug-likeness (QED) is 0.852. The Labute approximate surface area is 143 Å². The fourth-order valence-electron chi connectivity index (χ4n) is 4.07. The van der Waals surface area contributed by atoms with Crippen LogP contribution in [0.5, 0.6) is 0 Å². The second kappa shape index (κ2) is 6.95. The molecule has 0 bridgehead atoms. The SMILES string of the molecule is CC(=O)N1CCC[C@@H]1C(=O)N1CCC[C@@H](n2ccnc2C(C)C)C1. The minimum atomic E-state index is -0.256. The maximum Gasteiger partial charge on any atom is 0.245 e. The van der Waals surface area contributed by atoms with Crippen LogP contribution in [0, 0.1) is 0 Å². The number of piperidine rings is 1. The predicted octanol–water partition coefficient (Wildman–Crippen LogP) is 2.18. The van der Waals surface area contributed by atoms with Crippen LogP contribution in [0.1, 0.15) is 64.2 Å². The molecule has 2 aliphatic heterocycles. The topological polar surface area (TPSA) is 58.4 Å². The molecule has 3 rings (SSSR count). The standard InChI is InChI=1S/C18H28N4O2/c1-13(2)17-19-8-11-22(17)15-6-4-9-20(12-15)18(24)16-7-5-10-21(16)14(3)23/h8,11,13,15-16H,4-7,9-10,12H2,1-3H3/t15-,16-/m1/s1. The van der Waals surface area contributed by atoms with Gasteiger partial charge in [0, 0.05) is 44.9 Å². The zero-order valence-electron chi connectivity index (χ0n) is 14.9. The first-order valence-corrected chi connectivity index (χ1v) is 9.07. The normalized spacial score (nSPS) is 24.7. The van der Waals surface area contributed by atoms with Crippen molar-refractivity contribution in [2.75, 3.05) is 19.6 Å². The molecule has 0 N–H and O–H groups in total. The Kier molecular flexibility index (Phi) is 4.92. The van der Waals surface area contributed by atoms with Crippen LogP contribution in [0.4, 0.5) is 0 Å². The van der Waals surface area contributed by atoms with E-state index < -0.39 is 0 Å². The maximum atomic E-state index is 13.0. The van der Waals surface area contributed by atoms with Gasteiger partial charge in [-0.25, -0.2) is 4.98 Å². The Morgan fingerprint density at radius 3 is 2.67 bits per heavy atom. The number of rotatable bonds is 3. The highest BCUT2D eigenvalue weighted by atomic mass is 16.2. The zero-order chi connectivity index (χ0) is 17.3. The Hall–Kier alpha value is -1.85. The third kappa shape index (κ3) is 3.19. The van der Waals surface area contributed by atoms with Crippen molar-refractivity contribution in [2.24, 2.45) is 0 Å². The molecule has 0 aliphatic carbocycles. The molecule has 2 amide bonds. The lowest BCUT2D eigenvalue weighted by molar-refractivity contribution is -0.144. The third-order valence-electron chi connectivity index (χ3n) is 5.26. The second-order valence-corrected chi connectivity index (χ2v) is 7.30. The predicted molar refractivity (Wildman–Crippen MR) is 91.6 cm³/mol. The van der Waals surface area contributed by atoms with Crippen molar-refractivity contribution in [3.05, 3.63) is 18.2 Å². The molecule has 24 heavy (non-hydrogen) atoms. The average molecular weight is 332 g/mol. The van der Waals surface area contributed by atoms with Crippen molar-refractivity contribution >= 4 is 11.8 Å². The highest BCUT2D eigenvalue weighted by molar-refractivity contribution is 5.87. The van der Waals surface area contributed by atoms with Crippen molar-refractivity contribution in [1.82, 2.24) is 19.4 Å². The lowest BCUT2D eigenvalue weighted by Crippen LogP contribution is -2.50. The van der Waals surface area contributed by atoms with Crippen LogP contribution in [0.25, 0.3) is 0 Å². The third-order valence-corrected chi connectivity index (χ3v) is 5.26. The summed E-state index contributed by atoms with van der Waals surface area (Å²) in [6, 6.07) is 0.0309. The van der Waals surface area contributed by atoms with Gasteiger partial charge in [-0.3, -0.25) is 9.59 Å². The number of hydrogen-bond acceptors (Lipinski definition) is 3. The summed E-state index contributed by atoms with van der Waals surface area (Å²) in [6.45, 7) is 8.08. The van der Waals surface area contributed by atoms with E-state index in [0.717, 1.165) is 44.6 Å². The molecule has 1 aromatic heterocycles. The lowest BCUT2D eigenvalue weighted by atomic mass is 10.0. The molecule has 3 heterocycles. The highest BCUT2D eigenvalue weighted by Gasteiger charge is 2.37. The number of imidazole rings is 1. The molecule has 0 saturated carbocycles. The van der Waals surface area contributed by atoms with Gasteiger partial charge in [-0.2, -0.15) is 0 Å². The fourth-order valence-corrected chi connectivity index (χ4v) is 4.07. The van der Waals surface area contributed by atoms with Crippen molar-refractivity contribution in [2.45, 2.75) is 64.5 Å². The van der Waals surface area contributed by atoms with Crippen LogP contribution in [0.2, 0.25) is 0 Å². The van der Waals surface area contributed by atoms with Crippen LogP contribution in [-0.2, 0) is 9.59 Å². The molecule has 0 radical (unpaired) electrons. The largest absolute Gasteiger partial charge is 0.339 e. The van der Waals surface area contributed by atoms with Crippen LogP contribution in [0.15, 0.2) is 12.4 Å². The highest BCUT2D eigenvalue weighted by Crippen LogP contribution is 2.28. The van der Waals surface area contributed by atoms with Gasteiger partial charge >= 0.3 is 0 Å². The second-order valence-electron chi connectivity index (χ2n) is 7.30. The summed E-state index contributed by atoms with van der Waals surface area (Å²) in [7, 11) is 0. The molecular formula is C18H28N4O2. The Morgan fingerprint density at radius 1 is 1.21 bits per heavy atom. The van der Waals surface area contributed by atoms with E-state index in [1.165, 1.54) is 0 Å². The molecule has 0 aromatic carbocycles. The molecule has 132 valence electrons. The van der Waals surface area contributed by atoms with E-state index in [1.807, 2.05) is 17.3 Å². The van der Waals surface area contributed by atoms with Gasteiger partial charge in [0.05, 0.1) is 6.04 Å². The van der Waals surface area contributed by atoms with Crippen LogP contribution in [0.3, 0.4) is 0 Å². The number of aromatic nitrogens is 2. The Balaban J connectivity index is 1.72. The van der Waals surface area contributed by atoms with Gasteiger partial charge in [0.15, 0.2) is 0 Å². The van der Waals surface area contributed by atoms with Gasteiger partial charge in [-0.15, -0.1) is 0 Å². The lowest BCUT2D eigenvalue weighted by Gasteiger charge is -2.37. The first-order chi connectivity index (χ1) is 11.5. The summed E-state index contributed by atoms with van der Waals surface area (Å²) in [6.07, 6.45) is 7.67. The first kappa shape index (κ1) is 17.0. The molecule has 0 unspecified atom stereocenters. The van der Waals surface area contributed by atoms with Crippen LogP contribution >= 0.6 is 0 Å². The van der Waals surface area contributed by atoms with Gasteiger partial charge < -0.3 is 14.4 Å². The number of carbonyl (C=O) groups excluding carboxylic acids is 2. The van der Waals surface area contributed by atoms with E-state index in [-0.39, 0.29) is 23.9 Å². The number of nitrogens with zero attached hydrogens (tertiary/aromatic N) is 4. The summed E-state index contributed by atoms with van der Waals surface area (Å²) in [5, 5.41) is 0. The minimum absolute atomic E-state index is 0.0103. The summed E-state index contributed by atoms with van der Waals surface area (Å²) in [5.74, 6) is 1.59. The molecule has 1 aromatic rings. The molecule has 2 saturated heterocycles. The summed E-state index contributed by atoms with van der Waals surface area (Å²) in [4.78, 5) is 32.9. The van der Waals surface area contributed by atoms with E-state index in [2.05, 4.69) is 23.4 Å². The monoisotopic (exact) mass is 332 g/mol. The van der Waals surface area contributed by atoms with Crippen LogP contribution < -0.4 is 0 Å². The molecular weight excluding hydrogens is 304 g/mol. The zero-order valence-corrected chi connectivity index (χ0v) is 14.9. The number of hydrogen-bond donors (Lipinski definition) is 0. The first-order valence-electron chi connectivity index (χ1n) is 9.07.